The van der Waals surface area contributed by atoms with Crippen LogP contribution < -0.4 is 9.64 Å². The summed E-state index contributed by atoms with van der Waals surface area (Å²) in [5, 5.41) is 13.0. The number of amides is 1. The number of hydrogen-bond acceptors (Lipinski definition) is 5. The lowest BCUT2D eigenvalue weighted by molar-refractivity contribution is -0.132. The zero-order chi connectivity index (χ0) is 23.7. The Hall–Kier alpha value is -4.32. The van der Waals surface area contributed by atoms with Crippen molar-refractivity contribution in [3.8, 4) is 5.75 Å². The zero-order valence-electron chi connectivity index (χ0n) is 18.6. The van der Waals surface area contributed by atoms with Crippen molar-refractivity contribution in [1.82, 2.24) is 0 Å². The second-order valence-corrected chi connectivity index (χ2v) is 8.06. The van der Waals surface area contributed by atoms with Gasteiger partial charge in [0.15, 0.2) is 0 Å². The van der Waals surface area contributed by atoms with E-state index in [1.807, 2.05) is 43.3 Å². The Morgan fingerprint density at radius 1 is 1.00 bits per heavy atom. The Morgan fingerprint density at radius 3 is 2.59 bits per heavy atom. The van der Waals surface area contributed by atoms with E-state index < -0.39 is 17.7 Å². The number of carbonyl (C=O) groups is 2. The number of hydrogen-bond donors (Lipinski definition) is 1. The molecule has 1 fully saturated rings. The fourth-order valence-electron chi connectivity index (χ4n) is 4.32. The lowest BCUT2D eigenvalue weighted by atomic mass is 9.98. The van der Waals surface area contributed by atoms with Gasteiger partial charge in [0.1, 0.15) is 23.3 Å². The lowest BCUT2D eigenvalue weighted by Crippen LogP contribution is -2.29. The van der Waals surface area contributed by atoms with Crippen LogP contribution in [0.3, 0.4) is 0 Å². The van der Waals surface area contributed by atoms with Gasteiger partial charge in [-0.3, -0.25) is 14.5 Å². The summed E-state index contributed by atoms with van der Waals surface area (Å²) < 4.78 is 11.3. The number of ketones is 1. The molecule has 1 aliphatic heterocycles. The van der Waals surface area contributed by atoms with Crippen LogP contribution in [0.2, 0.25) is 0 Å². The Labute approximate surface area is 196 Å². The molecule has 0 saturated carbocycles. The zero-order valence-corrected chi connectivity index (χ0v) is 18.6. The molecule has 5 rings (SSSR count). The third-order valence-corrected chi connectivity index (χ3v) is 5.86. The molecule has 1 aromatic heterocycles. The van der Waals surface area contributed by atoms with Gasteiger partial charge in [0, 0.05) is 10.9 Å². The second-order valence-electron chi connectivity index (χ2n) is 8.06. The fraction of sp³-hybridized carbons (Fsp3) is 0.143. The number of furan rings is 1. The molecule has 170 valence electrons. The summed E-state index contributed by atoms with van der Waals surface area (Å²) in [6.07, 6.45) is 2.32. The maximum atomic E-state index is 13.4. The Bertz CT molecular complexity index is 1400. The quantitative estimate of drug-likeness (QED) is 0.225. The molecule has 34 heavy (non-hydrogen) atoms. The number of Topliss-reactive ketones (excluding diaryl/α,β-unsaturated/α-hetero) is 1. The molecule has 3 aromatic carbocycles. The fourth-order valence-corrected chi connectivity index (χ4v) is 4.32. The van der Waals surface area contributed by atoms with Gasteiger partial charge in [0.25, 0.3) is 11.7 Å². The molecule has 1 aliphatic rings. The van der Waals surface area contributed by atoms with E-state index in [1.165, 1.54) is 11.2 Å². The highest BCUT2D eigenvalue weighted by atomic mass is 16.5. The SMILES string of the molecule is CCCOc1cccc(/C(O)=C2/C(=O)C(=O)N(c3cccc4ccccc34)C2c2ccco2)c1. The van der Waals surface area contributed by atoms with Gasteiger partial charge in [-0.15, -0.1) is 0 Å². The van der Waals surface area contributed by atoms with E-state index in [-0.39, 0.29) is 11.3 Å². The van der Waals surface area contributed by atoms with Crippen molar-refractivity contribution < 1.29 is 23.8 Å². The van der Waals surface area contributed by atoms with E-state index in [1.54, 1.807) is 42.5 Å². The van der Waals surface area contributed by atoms with Crippen LogP contribution in [0.4, 0.5) is 5.69 Å². The van der Waals surface area contributed by atoms with E-state index in [0.29, 0.717) is 29.4 Å². The lowest BCUT2D eigenvalue weighted by Gasteiger charge is -2.24. The maximum absolute atomic E-state index is 13.4. The first-order chi connectivity index (χ1) is 16.6. The minimum absolute atomic E-state index is 0.0273. The highest BCUT2D eigenvalue weighted by molar-refractivity contribution is 6.52. The van der Waals surface area contributed by atoms with Gasteiger partial charge in [-0.25, -0.2) is 0 Å². The molecule has 0 aliphatic carbocycles. The van der Waals surface area contributed by atoms with Crippen molar-refractivity contribution in [1.29, 1.82) is 0 Å². The Kier molecular flexibility index (Phi) is 5.64. The topological polar surface area (TPSA) is 80.0 Å². The number of fused-ring (bicyclic) bond motifs is 1. The molecule has 1 unspecified atom stereocenters. The smallest absolute Gasteiger partial charge is 0.300 e. The number of anilines is 1. The van der Waals surface area contributed by atoms with Crippen LogP contribution in [0.25, 0.3) is 16.5 Å². The van der Waals surface area contributed by atoms with Crippen molar-refractivity contribution in [2.24, 2.45) is 0 Å². The highest BCUT2D eigenvalue weighted by Gasteiger charge is 2.48. The van der Waals surface area contributed by atoms with Crippen molar-refractivity contribution in [2.75, 3.05) is 11.5 Å². The van der Waals surface area contributed by atoms with Gasteiger partial charge in [-0.1, -0.05) is 55.5 Å². The number of benzene rings is 3. The number of nitrogens with zero attached hydrogens (tertiary/aromatic N) is 1. The molecule has 1 atom stereocenters. The normalized spacial score (nSPS) is 17.4. The van der Waals surface area contributed by atoms with E-state index in [0.717, 1.165) is 17.2 Å². The van der Waals surface area contributed by atoms with Crippen LogP contribution in [-0.4, -0.2) is 23.4 Å². The van der Waals surface area contributed by atoms with Gasteiger partial charge < -0.3 is 14.3 Å². The molecule has 1 saturated heterocycles. The number of rotatable bonds is 6. The van der Waals surface area contributed by atoms with Crippen LogP contribution in [-0.2, 0) is 9.59 Å². The third kappa shape index (κ3) is 3.63. The molecule has 6 heteroatoms. The number of carbonyl (C=O) groups excluding carboxylic acids is 2. The van der Waals surface area contributed by atoms with Gasteiger partial charge in [-0.2, -0.15) is 0 Å². The van der Waals surface area contributed by atoms with Crippen molar-refractivity contribution in [3.05, 3.63) is 102 Å². The molecule has 0 bridgehead atoms. The predicted octanol–water partition coefficient (Wildman–Crippen LogP) is 5.85. The number of aliphatic hydroxyl groups excluding tert-OH is 1. The first-order valence-corrected chi connectivity index (χ1v) is 11.2. The van der Waals surface area contributed by atoms with Crippen LogP contribution in [0.5, 0.6) is 5.75 Å². The molecule has 6 nitrogen and oxygen atoms in total. The minimum Gasteiger partial charge on any atom is -0.507 e. The Balaban J connectivity index is 1.69. The predicted molar refractivity (Wildman–Crippen MR) is 130 cm³/mol. The van der Waals surface area contributed by atoms with Gasteiger partial charge in [-0.05, 0) is 42.1 Å². The van der Waals surface area contributed by atoms with Crippen molar-refractivity contribution in [2.45, 2.75) is 19.4 Å². The molecular formula is C28H23NO5. The Morgan fingerprint density at radius 2 is 1.79 bits per heavy atom. The summed E-state index contributed by atoms with van der Waals surface area (Å²) in [5.74, 6) is -0.815. The summed E-state index contributed by atoms with van der Waals surface area (Å²) in [5.41, 5.74) is 0.933. The van der Waals surface area contributed by atoms with E-state index in [9.17, 15) is 14.7 Å². The average Bonchev–Trinajstić information content (AvgIpc) is 3.49. The molecule has 4 aromatic rings. The van der Waals surface area contributed by atoms with Crippen molar-refractivity contribution >= 4 is 33.9 Å². The van der Waals surface area contributed by atoms with E-state index in [4.69, 9.17) is 9.15 Å². The molecule has 0 spiro atoms. The monoisotopic (exact) mass is 453 g/mol. The van der Waals surface area contributed by atoms with Crippen molar-refractivity contribution in [3.63, 3.8) is 0 Å². The second kappa shape index (κ2) is 8.90. The number of aliphatic hydroxyl groups is 1. The van der Waals surface area contributed by atoms with Gasteiger partial charge in [0.05, 0.1) is 24.1 Å². The third-order valence-electron chi connectivity index (χ3n) is 5.86. The molecule has 1 N–H and O–H groups in total. The van der Waals surface area contributed by atoms with E-state index >= 15 is 0 Å². The summed E-state index contributed by atoms with van der Waals surface area (Å²) in [6, 6.07) is 22.6. The largest absolute Gasteiger partial charge is 0.507 e. The van der Waals surface area contributed by atoms with Crippen LogP contribution in [0.15, 0.2) is 95.1 Å². The molecule has 1 amide bonds. The van der Waals surface area contributed by atoms with Crippen LogP contribution in [0, 0.1) is 0 Å². The summed E-state index contributed by atoms with van der Waals surface area (Å²) in [7, 11) is 0. The molecule has 2 heterocycles. The maximum Gasteiger partial charge on any atom is 0.300 e. The van der Waals surface area contributed by atoms with Gasteiger partial charge in [0.2, 0.25) is 0 Å². The van der Waals surface area contributed by atoms with E-state index in [2.05, 4.69) is 0 Å². The van der Waals surface area contributed by atoms with Crippen LogP contribution >= 0.6 is 0 Å². The minimum atomic E-state index is -0.916. The summed E-state index contributed by atoms with van der Waals surface area (Å²) in [4.78, 5) is 28.1. The summed E-state index contributed by atoms with van der Waals surface area (Å²) in [6.45, 7) is 2.53. The van der Waals surface area contributed by atoms with Gasteiger partial charge >= 0.3 is 0 Å². The standard InChI is InChI=1S/C28H23NO5/c1-2-15-33-20-11-5-10-19(17-20)26(30)24-25(23-14-7-16-34-23)29(28(32)27(24)31)22-13-6-9-18-8-3-4-12-21(18)22/h3-14,16-17,25,30H,2,15H2,1H3/b26-24-. The number of ether oxygens (including phenoxy) is 1. The first-order valence-electron chi connectivity index (χ1n) is 11.2. The molecule has 0 radical (unpaired) electrons. The highest BCUT2D eigenvalue weighted by Crippen LogP contribution is 2.44. The molecular weight excluding hydrogens is 430 g/mol. The summed E-state index contributed by atoms with van der Waals surface area (Å²) >= 11 is 0. The first kappa shape index (κ1) is 21.5. The van der Waals surface area contributed by atoms with Crippen LogP contribution in [0.1, 0.15) is 30.7 Å². The average molecular weight is 453 g/mol.